The van der Waals surface area contributed by atoms with E-state index in [9.17, 15) is 0 Å². The monoisotopic (exact) mass is 330 g/mol. The molecule has 0 radical (unpaired) electrons. The molecule has 0 aromatic rings. The summed E-state index contributed by atoms with van der Waals surface area (Å²) in [4.78, 5) is 9.00. The zero-order valence-corrected chi connectivity index (χ0v) is 15.3. The lowest BCUT2D eigenvalue weighted by Crippen LogP contribution is -2.26. The molecular weight excluding hydrogens is 296 g/mol. The van der Waals surface area contributed by atoms with Crippen LogP contribution in [0.15, 0.2) is 0 Å². The third kappa shape index (κ3) is 8.41. The van der Waals surface area contributed by atoms with Gasteiger partial charge in [0.25, 0.3) is 5.97 Å². The summed E-state index contributed by atoms with van der Waals surface area (Å²) in [5, 5.41) is 7.91. The molecule has 0 unspecified atom stereocenters. The van der Waals surface area contributed by atoms with Crippen molar-refractivity contribution in [3.8, 4) is 0 Å². The van der Waals surface area contributed by atoms with Crippen LogP contribution in [0.5, 0.6) is 0 Å². The van der Waals surface area contributed by atoms with Crippen molar-refractivity contribution >= 4 is 17.6 Å². The quantitative estimate of drug-likeness (QED) is 0.477. The van der Waals surface area contributed by atoms with Crippen LogP contribution < -0.4 is 0 Å². The van der Waals surface area contributed by atoms with Crippen molar-refractivity contribution in [3.05, 3.63) is 0 Å². The van der Waals surface area contributed by atoms with Gasteiger partial charge < -0.3 is 5.11 Å². The summed E-state index contributed by atoms with van der Waals surface area (Å²) in [6.07, 6.45) is 17.3. The van der Waals surface area contributed by atoms with Gasteiger partial charge in [-0.1, -0.05) is 45.4 Å². The fraction of sp³-hybridized carbons (Fsp3) is 0.947. The third-order valence-corrected chi connectivity index (χ3v) is 5.91. The van der Waals surface area contributed by atoms with E-state index < -0.39 is 5.97 Å². The number of halogens is 1. The molecule has 0 aliphatic heterocycles. The minimum atomic E-state index is -0.833. The SMILES string of the molecule is CC(=O)O.CCCCCC1CCC(C2CCC(Cl)CC2)CC1. The van der Waals surface area contributed by atoms with Gasteiger partial charge in [0.05, 0.1) is 0 Å². The Hall–Kier alpha value is -0.240. The molecule has 2 rings (SSSR count). The van der Waals surface area contributed by atoms with E-state index in [1.54, 1.807) is 0 Å². The number of hydrogen-bond donors (Lipinski definition) is 1. The van der Waals surface area contributed by atoms with Crippen LogP contribution in [-0.4, -0.2) is 16.5 Å². The average Bonchev–Trinajstić information content (AvgIpc) is 2.49. The molecule has 0 heterocycles. The first kappa shape index (κ1) is 19.8. The fourth-order valence-electron chi connectivity index (χ4n) is 4.18. The van der Waals surface area contributed by atoms with Crippen LogP contribution in [0.2, 0.25) is 0 Å². The Balaban J connectivity index is 0.000000541. The van der Waals surface area contributed by atoms with Crippen LogP contribution in [0, 0.1) is 17.8 Å². The molecule has 0 bridgehead atoms. The van der Waals surface area contributed by atoms with Crippen molar-refractivity contribution in [2.45, 2.75) is 96.3 Å². The highest BCUT2D eigenvalue weighted by Crippen LogP contribution is 2.41. The van der Waals surface area contributed by atoms with Crippen molar-refractivity contribution in [1.29, 1.82) is 0 Å². The first-order chi connectivity index (χ1) is 10.5. The van der Waals surface area contributed by atoms with Gasteiger partial charge in [0, 0.05) is 12.3 Å². The second-order valence-electron chi connectivity index (χ2n) is 7.31. The Bertz CT molecular complexity index is 286. The predicted molar refractivity (Wildman–Crippen MR) is 94.5 cm³/mol. The summed E-state index contributed by atoms with van der Waals surface area (Å²) in [7, 11) is 0. The summed E-state index contributed by atoms with van der Waals surface area (Å²) < 4.78 is 0. The van der Waals surface area contributed by atoms with Gasteiger partial charge in [-0.05, 0) is 56.3 Å². The normalized spacial score (nSPS) is 32.0. The van der Waals surface area contributed by atoms with Crippen LogP contribution in [0.3, 0.4) is 0 Å². The molecule has 2 aliphatic rings. The molecular formula is C19H35ClO2. The summed E-state index contributed by atoms with van der Waals surface area (Å²) in [6.45, 7) is 3.39. The average molecular weight is 331 g/mol. The second-order valence-corrected chi connectivity index (χ2v) is 7.92. The van der Waals surface area contributed by atoms with Gasteiger partial charge in [0.1, 0.15) is 0 Å². The van der Waals surface area contributed by atoms with Gasteiger partial charge in [0.15, 0.2) is 0 Å². The maximum absolute atomic E-state index is 9.00. The maximum Gasteiger partial charge on any atom is 0.300 e. The molecule has 0 aromatic carbocycles. The molecule has 0 spiro atoms. The molecule has 0 amide bonds. The Morgan fingerprint density at radius 3 is 1.86 bits per heavy atom. The topological polar surface area (TPSA) is 37.3 Å². The van der Waals surface area contributed by atoms with Gasteiger partial charge >= 0.3 is 0 Å². The maximum atomic E-state index is 9.00. The zero-order valence-electron chi connectivity index (χ0n) is 14.5. The standard InChI is InChI=1S/C17H31Cl.C2H4O2/c1-2-3-4-5-14-6-8-15(9-7-14)16-10-12-17(18)13-11-16;1-2(3)4/h14-17H,2-13H2,1H3;1H3,(H,3,4). The van der Waals surface area contributed by atoms with Crippen LogP contribution in [0.4, 0.5) is 0 Å². The van der Waals surface area contributed by atoms with Crippen LogP contribution in [-0.2, 0) is 4.79 Å². The fourth-order valence-corrected chi connectivity index (χ4v) is 4.43. The van der Waals surface area contributed by atoms with Gasteiger partial charge in [-0.15, -0.1) is 11.6 Å². The van der Waals surface area contributed by atoms with Gasteiger partial charge in [-0.2, -0.15) is 0 Å². The van der Waals surface area contributed by atoms with E-state index in [0.717, 1.165) is 24.7 Å². The molecule has 2 nitrogen and oxygen atoms in total. The molecule has 2 saturated carbocycles. The highest BCUT2D eigenvalue weighted by Gasteiger charge is 2.30. The number of carboxylic acids is 1. The number of alkyl halides is 1. The molecule has 3 heteroatoms. The van der Waals surface area contributed by atoms with E-state index in [4.69, 9.17) is 21.5 Å². The summed E-state index contributed by atoms with van der Waals surface area (Å²) in [5.74, 6) is 2.31. The second kappa shape index (κ2) is 11.3. The number of aliphatic carboxylic acids is 1. The summed E-state index contributed by atoms with van der Waals surface area (Å²) in [6, 6.07) is 0. The van der Waals surface area contributed by atoms with Crippen molar-refractivity contribution in [2.75, 3.05) is 0 Å². The van der Waals surface area contributed by atoms with Gasteiger partial charge in [-0.25, -0.2) is 0 Å². The third-order valence-electron chi connectivity index (χ3n) is 5.48. The van der Waals surface area contributed by atoms with Crippen molar-refractivity contribution in [2.24, 2.45) is 17.8 Å². The Labute approximate surface area is 142 Å². The molecule has 0 atom stereocenters. The summed E-state index contributed by atoms with van der Waals surface area (Å²) >= 11 is 6.21. The number of carboxylic acid groups (broad SMARTS) is 1. The van der Waals surface area contributed by atoms with Gasteiger partial charge in [0.2, 0.25) is 0 Å². The number of carbonyl (C=O) groups is 1. The lowest BCUT2D eigenvalue weighted by atomic mass is 9.70. The minimum Gasteiger partial charge on any atom is -0.481 e. The molecule has 0 aromatic heterocycles. The van der Waals surface area contributed by atoms with Crippen molar-refractivity contribution < 1.29 is 9.90 Å². The highest BCUT2D eigenvalue weighted by molar-refractivity contribution is 6.20. The highest BCUT2D eigenvalue weighted by atomic mass is 35.5. The Morgan fingerprint density at radius 2 is 1.41 bits per heavy atom. The van der Waals surface area contributed by atoms with Crippen LogP contribution in [0.25, 0.3) is 0 Å². The van der Waals surface area contributed by atoms with E-state index in [0.29, 0.717) is 5.38 Å². The minimum absolute atomic E-state index is 0.492. The van der Waals surface area contributed by atoms with Gasteiger partial charge in [-0.3, -0.25) is 4.79 Å². The van der Waals surface area contributed by atoms with E-state index in [-0.39, 0.29) is 0 Å². The van der Waals surface area contributed by atoms with E-state index >= 15 is 0 Å². The van der Waals surface area contributed by atoms with Crippen molar-refractivity contribution in [3.63, 3.8) is 0 Å². The first-order valence-corrected chi connectivity index (χ1v) is 9.80. The molecule has 2 fully saturated rings. The van der Waals surface area contributed by atoms with Crippen LogP contribution >= 0.6 is 11.6 Å². The lowest BCUT2D eigenvalue weighted by Gasteiger charge is -2.36. The predicted octanol–water partition coefficient (Wildman–Crippen LogP) is 6.26. The number of rotatable bonds is 5. The molecule has 22 heavy (non-hydrogen) atoms. The number of unbranched alkanes of at least 4 members (excludes halogenated alkanes) is 2. The van der Waals surface area contributed by atoms with Crippen molar-refractivity contribution in [1.82, 2.24) is 0 Å². The smallest absolute Gasteiger partial charge is 0.300 e. The molecule has 0 saturated heterocycles. The van der Waals surface area contributed by atoms with Crippen LogP contribution in [0.1, 0.15) is 90.9 Å². The summed E-state index contributed by atoms with van der Waals surface area (Å²) in [5.41, 5.74) is 0. The van der Waals surface area contributed by atoms with E-state index in [2.05, 4.69) is 6.92 Å². The number of hydrogen-bond acceptors (Lipinski definition) is 1. The van der Waals surface area contributed by atoms with E-state index in [1.807, 2.05) is 0 Å². The Kier molecular flexibility index (Phi) is 10.2. The lowest BCUT2D eigenvalue weighted by molar-refractivity contribution is -0.134. The molecule has 130 valence electrons. The zero-order chi connectivity index (χ0) is 16.4. The Morgan fingerprint density at radius 1 is 0.955 bits per heavy atom. The molecule has 1 N–H and O–H groups in total. The largest absolute Gasteiger partial charge is 0.481 e. The molecule has 2 aliphatic carbocycles. The first-order valence-electron chi connectivity index (χ1n) is 9.36. The van der Waals surface area contributed by atoms with E-state index in [1.165, 1.54) is 77.0 Å².